The van der Waals surface area contributed by atoms with Crippen LogP contribution in [0.2, 0.25) is 0 Å². The van der Waals surface area contributed by atoms with Crippen LogP contribution in [0, 0.1) is 0 Å². The number of hydrogen-bond donors (Lipinski definition) is 0. The van der Waals surface area contributed by atoms with E-state index in [1.807, 2.05) is 0 Å². The van der Waals surface area contributed by atoms with Crippen molar-refractivity contribution in [2.75, 3.05) is 13.7 Å². The molecule has 0 aromatic heterocycles. The van der Waals surface area contributed by atoms with Crippen molar-refractivity contribution < 1.29 is 27.4 Å². The van der Waals surface area contributed by atoms with E-state index in [2.05, 4.69) is 9.47 Å². The first-order valence-corrected chi connectivity index (χ1v) is 5.74. The van der Waals surface area contributed by atoms with Crippen LogP contribution in [0.5, 0.6) is 0 Å². The Morgan fingerprint density at radius 3 is 2.21 bits per heavy atom. The fraction of sp³-hybridized carbons (Fsp3) is 0.462. The lowest BCUT2D eigenvalue weighted by Gasteiger charge is -2.32. The molecule has 0 heterocycles. The lowest BCUT2D eigenvalue weighted by Crippen LogP contribution is -2.51. The van der Waals surface area contributed by atoms with E-state index in [4.69, 9.17) is 0 Å². The van der Waals surface area contributed by atoms with Gasteiger partial charge in [-0.05, 0) is 6.42 Å². The smallest absolute Gasteiger partial charge is 0.432 e. The van der Waals surface area contributed by atoms with E-state index in [1.54, 1.807) is 13.0 Å². The van der Waals surface area contributed by atoms with Crippen molar-refractivity contribution in [1.82, 2.24) is 0 Å². The highest BCUT2D eigenvalue weighted by molar-refractivity contribution is 5.82. The second kappa shape index (κ2) is 6.06. The molecule has 1 aromatic carbocycles. The first kappa shape index (κ1) is 15.5. The molecule has 0 spiro atoms. The summed E-state index contributed by atoms with van der Waals surface area (Å²) in [5.41, 5.74) is -3.38. The Balaban J connectivity index is 3.28. The molecule has 0 N–H and O–H groups in total. The minimum atomic E-state index is -4.91. The third-order valence-corrected chi connectivity index (χ3v) is 2.61. The standard InChI is InChI=1S/C13H15F3O3/c1-3-9-19-11(17)12(18-2,13(14,15)16)10-7-5-4-6-8-10/h4-8H,3,9H2,1-2H3. The minimum Gasteiger partial charge on any atom is -0.463 e. The van der Waals surface area contributed by atoms with Gasteiger partial charge in [0.15, 0.2) is 0 Å². The predicted octanol–water partition coefficient (Wildman–Crippen LogP) is 3.04. The number of carbonyl (C=O) groups is 1. The number of alkyl halides is 3. The average molecular weight is 276 g/mol. The molecule has 0 bridgehead atoms. The quantitative estimate of drug-likeness (QED) is 0.775. The molecule has 0 aliphatic carbocycles. The van der Waals surface area contributed by atoms with Gasteiger partial charge in [-0.25, -0.2) is 4.79 Å². The SMILES string of the molecule is CCCOC(=O)C(OC)(c1ccccc1)C(F)(F)F. The molecular weight excluding hydrogens is 261 g/mol. The number of halogens is 3. The van der Waals surface area contributed by atoms with Crippen LogP contribution in [0.3, 0.4) is 0 Å². The lowest BCUT2D eigenvalue weighted by atomic mass is 9.93. The second-order valence-corrected chi connectivity index (χ2v) is 3.89. The zero-order chi connectivity index (χ0) is 14.5. The fourth-order valence-corrected chi connectivity index (χ4v) is 1.68. The summed E-state index contributed by atoms with van der Waals surface area (Å²) in [5.74, 6) is -1.45. The number of carbonyl (C=O) groups excluding carboxylic acids is 1. The Morgan fingerprint density at radius 1 is 1.21 bits per heavy atom. The van der Waals surface area contributed by atoms with E-state index in [1.165, 1.54) is 24.3 Å². The number of benzene rings is 1. The third kappa shape index (κ3) is 2.89. The molecule has 0 radical (unpaired) electrons. The molecule has 0 saturated heterocycles. The maximum atomic E-state index is 13.3. The van der Waals surface area contributed by atoms with Crippen molar-refractivity contribution in [2.45, 2.75) is 25.1 Å². The summed E-state index contributed by atoms with van der Waals surface area (Å²) >= 11 is 0. The van der Waals surface area contributed by atoms with Crippen molar-refractivity contribution >= 4 is 5.97 Å². The summed E-state index contributed by atoms with van der Waals surface area (Å²) in [6.45, 7) is 1.60. The Hall–Kier alpha value is -1.56. The molecule has 0 aliphatic heterocycles. The van der Waals surface area contributed by atoms with Crippen LogP contribution in [0.25, 0.3) is 0 Å². The Bertz CT molecular complexity index is 417. The van der Waals surface area contributed by atoms with Gasteiger partial charge in [0.25, 0.3) is 5.60 Å². The molecule has 19 heavy (non-hydrogen) atoms. The first-order valence-electron chi connectivity index (χ1n) is 5.74. The van der Waals surface area contributed by atoms with Gasteiger partial charge in [0.1, 0.15) is 0 Å². The summed E-state index contributed by atoms with van der Waals surface area (Å²) in [6, 6.07) is 6.73. The number of hydrogen-bond acceptors (Lipinski definition) is 3. The zero-order valence-electron chi connectivity index (χ0n) is 10.7. The van der Waals surface area contributed by atoms with Gasteiger partial charge in [0, 0.05) is 12.7 Å². The molecule has 0 saturated carbocycles. The van der Waals surface area contributed by atoms with E-state index in [9.17, 15) is 18.0 Å². The van der Waals surface area contributed by atoms with Crippen molar-refractivity contribution in [3.8, 4) is 0 Å². The van der Waals surface area contributed by atoms with Crippen LogP contribution in [0.1, 0.15) is 18.9 Å². The molecule has 1 unspecified atom stereocenters. The van der Waals surface area contributed by atoms with Crippen LogP contribution in [-0.2, 0) is 19.9 Å². The van der Waals surface area contributed by atoms with Crippen LogP contribution >= 0.6 is 0 Å². The van der Waals surface area contributed by atoms with E-state index in [0.29, 0.717) is 6.42 Å². The molecule has 0 fully saturated rings. The highest BCUT2D eigenvalue weighted by atomic mass is 19.4. The highest BCUT2D eigenvalue weighted by Gasteiger charge is 2.63. The molecule has 1 aromatic rings. The van der Waals surface area contributed by atoms with Gasteiger partial charge in [-0.1, -0.05) is 37.3 Å². The van der Waals surface area contributed by atoms with E-state index < -0.39 is 17.7 Å². The number of ether oxygens (including phenoxy) is 2. The molecular formula is C13H15F3O3. The van der Waals surface area contributed by atoms with Gasteiger partial charge in [0.05, 0.1) is 6.61 Å². The monoisotopic (exact) mass is 276 g/mol. The molecule has 3 nitrogen and oxygen atoms in total. The minimum absolute atomic E-state index is 0.0904. The molecule has 1 atom stereocenters. The maximum absolute atomic E-state index is 13.3. The van der Waals surface area contributed by atoms with Crippen molar-refractivity contribution in [3.63, 3.8) is 0 Å². The lowest BCUT2D eigenvalue weighted by molar-refractivity contribution is -0.276. The van der Waals surface area contributed by atoms with E-state index in [0.717, 1.165) is 7.11 Å². The Kier molecular flexibility index (Phi) is 4.94. The van der Waals surface area contributed by atoms with Gasteiger partial charge in [-0.15, -0.1) is 0 Å². The average Bonchev–Trinajstić information content (AvgIpc) is 2.37. The van der Waals surface area contributed by atoms with Gasteiger partial charge in [0.2, 0.25) is 0 Å². The highest BCUT2D eigenvalue weighted by Crippen LogP contribution is 2.42. The van der Waals surface area contributed by atoms with Crippen LogP contribution < -0.4 is 0 Å². The first-order chi connectivity index (χ1) is 8.90. The zero-order valence-corrected chi connectivity index (χ0v) is 10.7. The summed E-state index contributed by atoms with van der Waals surface area (Å²) in [5, 5.41) is 0. The van der Waals surface area contributed by atoms with Gasteiger partial charge < -0.3 is 9.47 Å². The molecule has 0 aliphatic rings. The van der Waals surface area contributed by atoms with E-state index in [-0.39, 0.29) is 12.2 Å². The number of methoxy groups -OCH3 is 1. The Labute approximate surface area is 109 Å². The van der Waals surface area contributed by atoms with E-state index >= 15 is 0 Å². The fourth-order valence-electron chi connectivity index (χ4n) is 1.68. The Morgan fingerprint density at radius 2 is 1.79 bits per heavy atom. The molecule has 6 heteroatoms. The van der Waals surface area contributed by atoms with Gasteiger partial charge in [-0.3, -0.25) is 0 Å². The maximum Gasteiger partial charge on any atom is 0.432 e. The predicted molar refractivity (Wildman–Crippen MR) is 62.4 cm³/mol. The number of rotatable bonds is 5. The summed E-state index contributed by atoms with van der Waals surface area (Å²) in [6.07, 6.45) is -4.48. The second-order valence-electron chi connectivity index (χ2n) is 3.89. The molecule has 1 rings (SSSR count). The summed E-state index contributed by atoms with van der Waals surface area (Å²) in [4.78, 5) is 11.8. The van der Waals surface area contributed by atoms with Crippen LogP contribution in [0.15, 0.2) is 30.3 Å². The van der Waals surface area contributed by atoms with Gasteiger partial charge in [-0.2, -0.15) is 13.2 Å². The van der Waals surface area contributed by atoms with Crippen LogP contribution in [0.4, 0.5) is 13.2 Å². The number of esters is 1. The van der Waals surface area contributed by atoms with Crippen molar-refractivity contribution in [1.29, 1.82) is 0 Å². The molecule has 0 amide bonds. The normalized spacial score (nSPS) is 14.8. The largest absolute Gasteiger partial charge is 0.463 e. The van der Waals surface area contributed by atoms with Crippen molar-refractivity contribution in [3.05, 3.63) is 35.9 Å². The molecule has 106 valence electrons. The van der Waals surface area contributed by atoms with Crippen molar-refractivity contribution in [2.24, 2.45) is 0 Å². The third-order valence-electron chi connectivity index (χ3n) is 2.61. The van der Waals surface area contributed by atoms with Gasteiger partial charge >= 0.3 is 12.1 Å². The van der Waals surface area contributed by atoms with Crippen LogP contribution in [-0.4, -0.2) is 25.9 Å². The topological polar surface area (TPSA) is 35.5 Å². The summed E-state index contributed by atoms with van der Waals surface area (Å²) in [7, 11) is 0.841. The summed E-state index contributed by atoms with van der Waals surface area (Å²) < 4.78 is 49.1.